The van der Waals surface area contributed by atoms with Crippen molar-refractivity contribution in [2.24, 2.45) is 0 Å². The zero-order chi connectivity index (χ0) is 11.4. The van der Waals surface area contributed by atoms with Crippen molar-refractivity contribution in [1.82, 2.24) is 0 Å². The van der Waals surface area contributed by atoms with Gasteiger partial charge in [0.1, 0.15) is 0 Å². The van der Waals surface area contributed by atoms with E-state index >= 15 is 0 Å². The van der Waals surface area contributed by atoms with Gasteiger partial charge in [-0.3, -0.25) is 0 Å². The van der Waals surface area contributed by atoms with E-state index in [-0.39, 0.29) is 0 Å². The number of hydrogen-bond donors (Lipinski definition) is 1. The van der Waals surface area contributed by atoms with Gasteiger partial charge in [0.05, 0.1) is 10.4 Å². The molecule has 3 heteroatoms. The second-order valence-electron chi connectivity index (χ2n) is 3.61. The van der Waals surface area contributed by atoms with Crippen LogP contribution < -0.4 is 5.32 Å². The van der Waals surface area contributed by atoms with Gasteiger partial charge in [-0.05, 0) is 30.7 Å². The molecule has 1 aromatic carbocycles. The minimum Gasteiger partial charge on any atom is -0.377 e. The van der Waals surface area contributed by atoms with Gasteiger partial charge in [0, 0.05) is 10.6 Å². The quantitative estimate of drug-likeness (QED) is 0.810. The zero-order valence-corrected chi connectivity index (χ0v) is 10.7. The van der Waals surface area contributed by atoms with Crippen LogP contribution in [0.2, 0.25) is 4.34 Å². The molecule has 0 aliphatic carbocycles. The number of rotatable bonds is 4. The van der Waals surface area contributed by atoms with Crippen LogP contribution in [0.5, 0.6) is 0 Å². The molecule has 84 valence electrons. The van der Waals surface area contributed by atoms with Crippen LogP contribution in [0.25, 0.3) is 0 Å². The lowest BCUT2D eigenvalue weighted by molar-refractivity contribution is 0.764. The molecule has 0 amide bonds. The van der Waals surface area contributed by atoms with Crippen LogP contribution in [-0.4, -0.2) is 0 Å². The molecule has 0 radical (unpaired) electrons. The van der Waals surface area contributed by atoms with E-state index in [2.05, 4.69) is 30.4 Å². The Morgan fingerprint density at radius 1 is 1.19 bits per heavy atom. The summed E-state index contributed by atoms with van der Waals surface area (Å²) >= 11 is 7.60. The first kappa shape index (κ1) is 11.5. The van der Waals surface area contributed by atoms with E-state index < -0.39 is 0 Å². The largest absolute Gasteiger partial charge is 0.377 e. The molecule has 1 atom stereocenters. The summed E-state index contributed by atoms with van der Waals surface area (Å²) in [6, 6.07) is 14.7. The fourth-order valence-corrected chi connectivity index (χ4v) is 2.82. The Bertz CT molecular complexity index is 438. The van der Waals surface area contributed by atoms with Crippen molar-refractivity contribution < 1.29 is 0 Å². The third-order valence-electron chi connectivity index (χ3n) is 2.46. The molecule has 1 unspecified atom stereocenters. The van der Waals surface area contributed by atoms with E-state index in [1.165, 1.54) is 4.88 Å². The van der Waals surface area contributed by atoms with Gasteiger partial charge in [-0.15, -0.1) is 11.3 Å². The van der Waals surface area contributed by atoms with Gasteiger partial charge >= 0.3 is 0 Å². The Balaban J connectivity index is 2.12. The van der Waals surface area contributed by atoms with Gasteiger partial charge in [-0.25, -0.2) is 0 Å². The molecule has 1 aromatic heterocycles. The first-order chi connectivity index (χ1) is 7.79. The number of halogens is 1. The van der Waals surface area contributed by atoms with E-state index in [0.717, 1.165) is 16.4 Å². The van der Waals surface area contributed by atoms with Crippen molar-refractivity contribution in [2.75, 3.05) is 5.32 Å². The standard InChI is InChI=1S/C13H14ClNS/c1-2-11(12-8-9-13(14)16-12)15-10-6-4-3-5-7-10/h3-9,11,15H,2H2,1H3. The lowest BCUT2D eigenvalue weighted by atomic mass is 10.1. The molecule has 1 N–H and O–H groups in total. The van der Waals surface area contributed by atoms with Crippen molar-refractivity contribution in [1.29, 1.82) is 0 Å². The predicted molar refractivity (Wildman–Crippen MR) is 72.4 cm³/mol. The number of benzene rings is 1. The SMILES string of the molecule is CCC(Nc1ccccc1)c1ccc(Cl)s1. The molecular weight excluding hydrogens is 238 g/mol. The molecule has 16 heavy (non-hydrogen) atoms. The van der Waals surface area contributed by atoms with E-state index in [1.807, 2.05) is 24.3 Å². The predicted octanol–water partition coefficient (Wildman–Crippen LogP) is 4.96. The minimum absolute atomic E-state index is 0.347. The number of hydrogen-bond acceptors (Lipinski definition) is 2. The van der Waals surface area contributed by atoms with E-state index in [9.17, 15) is 0 Å². The molecular formula is C13H14ClNS. The van der Waals surface area contributed by atoms with Gasteiger partial charge in [0.2, 0.25) is 0 Å². The Hall–Kier alpha value is -0.990. The van der Waals surface area contributed by atoms with Gasteiger partial charge < -0.3 is 5.32 Å². The summed E-state index contributed by atoms with van der Waals surface area (Å²) < 4.78 is 0.850. The molecule has 0 spiro atoms. The van der Waals surface area contributed by atoms with Crippen LogP contribution in [0.4, 0.5) is 5.69 Å². The number of para-hydroxylation sites is 1. The fourth-order valence-electron chi connectivity index (χ4n) is 1.63. The highest BCUT2D eigenvalue weighted by Crippen LogP contribution is 2.30. The van der Waals surface area contributed by atoms with Crippen molar-refractivity contribution in [2.45, 2.75) is 19.4 Å². The van der Waals surface area contributed by atoms with Crippen LogP contribution in [0.3, 0.4) is 0 Å². The average molecular weight is 252 g/mol. The van der Waals surface area contributed by atoms with Crippen LogP contribution >= 0.6 is 22.9 Å². The highest BCUT2D eigenvalue weighted by molar-refractivity contribution is 7.16. The van der Waals surface area contributed by atoms with E-state index in [1.54, 1.807) is 11.3 Å². The first-order valence-corrected chi connectivity index (χ1v) is 6.56. The van der Waals surface area contributed by atoms with Crippen LogP contribution in [-0.2, 0) is 0 Å². The Labute approximate surface area is 105 Å². The molecule has 1 heterocycles. The van der Waals surface area contributed by atoms with Gasteiger partial charge in [-0.1, -0.05) is 36.7 Å². The van der Waals surface area contributed by atoms with Crippen molar-refractivity contribution in [3.8, 4) is 0 Å². The van der Waals surface area contributed by atoms with E-state index in [0.29, 0.717) is 6.04 Å². The second-order valence-corrected chi connectivity index (χ2v) is 5.36. The van der Waals surface area contributed by atoms with Crippen LogP contribution in [0.15, 0.2) is 42.5 Å². The topological polar surface area (TPSA) is 12.0 Å². The van der Waals surface area contributed by atoms with Crippen molar-refractivity contribution >= 4 is 28.6 Å². The maximum Gasteiger partial charge on any atom is 0.0932 e. The Morgan fingerprint density at radius 3 is 2.50 bits per heavy atom. The second kappa shape index (κ2) is 5.37. The van der Waals surface area contributed by atoms with Crippen LogP contribution in [0, 0.1) is 0 Å². The molecule has 0 fully saturated rings. The summed E-state index contributed by atoms with van der Waals surface area (Å²) in [6.07, 6.45) is 1.05. The van der Waals surface area contributed by atoms with E-state index in [4.69, 9.17) is 11.6 Å². The third kappa shape index (κ3) is 2.77. The smallest absolute Gasteiger partial charge is 0.0932 e. The summed E-state index contributed by atoms with van der Waals surface area (Å²) in [4.78, 5) is 1.29. The number of thiophene rings is 1. The highest BCUT2D eigenvalue weighted by Gasteiger charge is 2.11. The molecule has 0 aliphatic rings. The zero-order valence-electron chi connectivity index (χ0n) is 9.11. The monoisotopic (exact) mass is 251 g/mol. The number of anilines is 1. The molecule has 2 aromatic rings. The lowest BCUT2D eigenvalue weighted by Gasteiger charge is -2.16. The maximum absolute atomic E-state index is 5.96. The fraction of sp³-hybridized carbons (Fsp3) is 0.231. The van der Waals surface area contributed by atoms with Crippen molar-refractivity contribution in [3.05, 3.63) is 51.7 Å². The maximum atomic E-state index is 5.96. The minimum atomic E-state index is 0.347. The molecule has 0 aliphatic heterocycles. The summed E-state index contributed by atoms with van der Waals surface area (Å²) in [6.45, 7) is 2.17. The molecule has 0 saturated heterocycles. The summed E-state index contributed by atoms with van der Waals surface area (Å²) in [5.74, 6) is 0. The van der Waals surface area contributed by atoms with Crippen LogP contribution in [0.1, 0.15) is 24.3 Å². The molecule has 1 nitrogen and oxygen atoms in total. The average Bonchev–Trinajstić information content (AvgIpc) is 2.74. The van der Waals surface area contributed by atoms with Gasteiger partial charge in [0.25, 0.3) is 0 Å². The van der Waals surface area contributed by atoms with Crippen molar-refractivity contribution in [3.63, 3.8) is 0 Å². The Morgan fingerprint density at radius 2 is 1.94 bits per heavy atom. The summed E-state index contributed by atoms with van der Waals surface area (Å²) in [5, 5.41) is 3.51. The molecule has 0 bridgehead atoms. The third-order valence-corrected chi connectivity index (χ3v) is 3.81. The highest BCUT2D eigenvalue weighted by atomic mass is 35.5. The first-order valence-electron chi connectivity index (χ1n) is 5.36. The molecule has 2 rings (SSSR count). The Kier molecular flexibility index (Phi) is 3.86. The van der Waals surface area contributed by atoms with Gasteiger partial charge in [0.15, 0.2) is 0 Å². The normalized spacial score (nSPS) is 12.4. The van der Waals surface area contributed by atoms with Gasteiger partial charge in [-0.2, -0.15) is 0 Å². The molecule has 0 saturated carbocycles. The summed E-state index contributed by atoms with van der Waals surface area (Å²) in [7, 11) is 0. The summed E-state index contributed by atoms with van der Waals surface area (Å²) in [5.41, 5.74) is 1.15. The number of nitrogens with one attached hydrogen (secondary N) is 1. The lowest BCUT2D eigenvalue weighted by Crippen LogP contribution is -2.07.